The van der Waals surface area contributed by atoms with Crippen LogP contribution >= 0.6 is 23.1 Å². The zero-order valence-corrected chi connectivity index (χ0v) is 23.5. The standard InChI is InChI=1S/C27H34N4O4S2/c1-5-34-26(33)24-20-9-7-6-8-10-21(20)37-25(24)28-23(32)16-36-27-30-29-22(31(27)4)15-35-19-13-11-18(12-14-19)17(2)3/h11-14,17H,5-10,15-16H2,1-4H3,(H,28,32). The lowest BCUT2D eigenvalue weighted by atomic mass is 10.0. The smallest absolute Gasteiger partial charge is 0.341 e. The highest BCUT2D eigenvalue weighted by Gasteiger charge is 2.26. The van der Waals surface area contributed by atoms with E-state index < -0.39 is 0 Å². The maximum atomic E-state index is 12.8. The zero-order chi connectivity index (χ0) is 26.4. The molecule has 10 heteroatoms. The summed E-state index contributed by atoms with van der Waals surface area (Å²) < 4.78 is 13.0. The number of thioether (sulfide) groups is 1. The average Bonchev–Trinajstić information content (AvgIpc) is 3.31. The highest BCUT2D eigenvalue weighted by Crippen LogP contribution is 2.38. The van der Waals surface area contributed by atoms with Crippen molar-refractivity contribution in [3.05, 3.63) is 51.7 Å². The van der Waals surface area contributed by atoms with E-state index in [9.17, 15) is 9.59 Å². The number of aryl methyl sites for hydroxylation is 1. The second-order valence-electron chi connectivity index (χ2n) is 9.30. The molecule has 2 aromatic heterocycles. The Balaban J connectivity index is 1.36. The van der Waals surface area contributed by atoms with Crippen molar-refractivity contribution in [3.8, 4) is 5.75 Å². The van der Waals surface area contributed by atoms with Crippen molar-refractivity contribution >= 4 is 40.0 Å². The maximum Gasteiger partial charge on any atom is 0.341 e. The second-order valence-corrected chi connectivity index (χ2v) is 11.3. The Hall–Kier alpha value is -2.85. The summed E-state index contributed by atoms with van der Waals surface area (Å²) in [6, 6.07) is 8.05. The molecule has 0 unspecified atom stereocenters. The van der Waals surface area contributed by atoms with Crippen LogP contribution in [0.2, 0.25) is 0 Å². The highest BCUT2D eigenvalue weighted by molar-refractivity contribution is 7.99. The first-order valence-electron chi connectivity index (χ1n) is 12.7. The third-order valence-corrected chi connectivity index (χ3v) is 8.55. The van der Waals surface area contributed by atoms with E-state index in [0.717, 1.165) is 43.4 Å². The van der Waals surface area contributed by atoms with E-state index in [-0.39, 0.29) is 24.2 Å². The van der Waals surface area contributed by atoms with Gasteiger partial charge in [-0.2, -0.15) is 0 Å². The van der Waals surface area contributed by atoms with Gasteiger partial charge in [0.2, 0.25) is 5.91 Å². The van der Waals surface area contributed by atoms with Gasteiger partial charge < -0.3 is 19.4 Å². The van der Waals surface area contributed by atoms with E-state index >= 15 is 0 Å². The Morgan fingerprint density at radius 1 is 1.14 bits per heavy atom. The Bertz CT molecular complexity index is 1230. The number of hydrogen-bond donors (Lipinski definition) is 1. The van der Waals surface area contributed by atoms with Crippen molar-refractivity contribution in [1.82, 2.24) is 14.8 Å². The Morgan fingerprint density at radius 2 is 1.89 bits per heavy atom. The maximum absolute atomic E-state index is 12.8. The molecule has 0 saturated carbocycles. The van der Waals surface area contributed by atoms with Gasteiger partial charge in [-0.3, -0.25) is 4.79 Å². The molecule has 3 aromatic rings. The molecular weight excluding hydrogens is 508 g/mol. The normalized spacial score (nSPS) is 13.2. The molecule has 0 bridgehead atoms. The number of nitrogens with zero attached hydrogens (tertiary/aromatic N) is 3. The average molecular weight is 543 g/mol. The molecule has 0 atom stereocenters. The molecule has 1 aliphatic rings. The molecule has 8 nitrogen and oxygen atoms in total. The highest BCUT2D eigenvalue weighted by atomic mass is 32.2. The van der Waals surface area contributed by atoms with Crippen LogP contribution in [0.25, 0.3) is 0 Å². The lowest BCUT2D eigenvalue weighted by Crippen LogP contribution is -2.17. The number of rotatable bonds is 10. The molecule has 0 spiro atoms. The molecule has 1 N–H and O–H groups in total. The van der Waals surface area contributed by atoms with Gasteiger partial charge in [0.25, 0.3) is 0 Å². The number of thiophene rings is 1. The molecular formula is C27H34N4O4S2. The number of aromatic nitrogens is 3. The zero-order valence-electron chi connectivity index (χ0n) is 21.8. The number of carbonyl (C=O) groups excluding carboxylic acids is 2. The van der Waals surface area contributed by atoms with Gasteiger partial charge in [-0.1, -0.05) is 44.2 Å². The lowest BCUT2D eigenvalue weighted by molar-refractivity contribution is -0.113. The van der Waals surface area contributed by atoms with E-state index in [2.05, 4.69) is 41.5 Å². The number of esters is 1. The Kier molecular flexibility index (Phi) is 9.26. The molecule has 0 fully saturated rings. The number of fused-ring (bicyclic) bond motifs is 1. The number of carbonyl (C=O) groups is 2. The van der Waals surface area contributed by atoms with Crippen LogP contribution in [0.3, 0.4) is 0 Å². The number of amides is 1. The van der Waals surface area contributed by atoms with Crippen molar-refractivity contribution in [2.24, 2.45) is 7.05 Å². The van der Waals surface area contributed by atoms with Crippen LogP contribution in [0.5, 0.6) is 5.75 Å². The van der Waals surface area contributed by atoms with Gasteiger partial charge >= 0.3 is 5.97 Å². The first-order valence-corrected chi connectivity index (χ1v) is 14.5. The molecule has 1 amide bonds. The molecule has 0 radical (unpaired) electrons. The largest absolute Gasteiger partial charge is 0.486 e. The van der Waals surface area contributed by atoms with Crippen LogP contribution < -0.4 is 10.1 Å². The molecule has 198 valence electrons. The van der Waals surface area contributed by atoms with Crippen molar-refractivity contribution in [2.45, 2.75) is 70.6 Å². The van der Waals surface area contributed by atoms with E-state index in [1.165, 1.54) is 33.5 Å². The molecule has 1 aromatic carbocycles. The van der Waals surface area contributed by atoms with Gasteiger partial charge in [0.15, 0.2) is 11.0 Å². The third kappa shape index (κ3) is 6.73. The Morgan fingerprint density at radius 3 is 2.62 bits per heavy atom. The molecule has 1 aliphatic carbocycles. The van der Waals surface area contributed by atoms with Gasteiger partial charge in [0, 0.05) is 11.9 Å². The van der Waals surface area contributed by atoms with Crippen LogP contribution in [-0.4, -0.2) is 39.0 Å². The third-order valence-electron chi connectivity index (χ3n) is 6.33. The summed E-state index contributed by atoms with van der Waals surface area (Å²) in [5.41, 5.74) is 2.83. The topological polar surface area (TPSA) is 95.3 Å². The predicted octanol–water partition coefficient (Wildman–Crippen LogP) is 5.76. The molecule has 37 heavy (non-hydrogen) atoms. The fraction of sp³-hybridized carbons (Fsp3) is 0.481. The molecule has 0 saturated heterocycles. The number of nitrogens with one attached hydrogen (secondary N) is 1. The summed E-state index contributed by atoms with van der Waals surface area (Å²) in [4.78, 5) is 26.7. The first-order chi connectivity index (χ1) is 17.9. The van der Waals surface area contributed by atoms with Crippen molar-refractivity contribution in [3.63, 3.8) is 0 Å². The fourth-order valence-electron chi connectivity index (χ4n) is 4.24. The number of hydrogen-bond acceptors (Lipinski definition) is 8. The van der Waals surface area contributed by atoms with E-state index in [4.69, 9.17) is 9.47 Å². The van der Waals surface area contributed by atoms with E-state index in [1.807, 2.05) is 23.7 Å². The van der Waals surface area contributed by atoms with Crippen molar-refractivity contribution in [2.75, 3.05) is 17.7 Å². The SMILES string of the molecule is CCOC(=O)c1c(NC(=O)CSc2nnc(COc3ccc(C(C)C)cc3)n2C)sc2c1CCCCC2. The monoisotopic (exact) mass is 542 g/mol. The van der Waals surface area contributed by atoms with Crippen LogP contribution in [0.15, 0.2) is 29.4 Å². The van der Waals surface area contributed by atoms with Crippen LogP contribution in [0, 0.1) is 0 Å². The summed E-state index contributed by atoms with van der Waals surface area (Å²) >= 11 is 2.80. The summed E-state index contributed by atoms with van der Waals surface area (Å²) in [5.74, 6) is 1.50. The van der Waals surface area contributed by atoms with Crippen molar-refractivity contribution < 1.29 is 19.1 Å². The first kappa shape index (κ1) is 27.2. The van der Waals surface area contributed by atoms with Gasteiger partial charge in [-0.15, -0.1) is 21.5 Å². The summed E-state index contributed by atoms with van der Waals surface area (Å²) in [7, 11) is 1.86. The number of ether oxygens (including phenoxy) is 2. The summed E-state index contributed by atoms with van der Waals surface area (Å²) in [6.07, 6.45) is 5.07. The molecule has 2 heterocycles. The Labute approximate surface area is 226 Å². The predicted molar refractivity (Wildman–Crippen MR) is 147 cm³/mol. The van der Waals surface area contributed by atoms with Crippen LogP contribution in [0.1, 0.15) is 78.1 Å². The van der Waals surface area contributed by atoms with Gasteiger partial charge in [0.05, 0.1) is 17.9 Å². The van der Waals surface area contributed by atoms with Gasteiger partial charge in [-0.25, -0.2) is 4.79 Å². The lowest BCUT2D eigenvalue weighted by Gasteiger charge is -2.09. The van der Waals surface area contributed by atoms with E-state index in [1.54, 1.807) is 6.92 Å². The molecule has 0 aliphatic heterocycles. The fourth-order valence-corrected chi connectivity index (χ4v) is 6.26. The molecule has 4 rings (SSSR count). The minimum absolute atomic E-state index is 0.147. The van der Waals surface area contributed by atoms with Crippen LogP contribution in [0.4, 0.5) is 5.00 Å². The minimum Gasteiger partial charge on any atom is -0.486 e. The number of benzene rings is 1. The van der Waals surface area contributed by atoms with Crippen LogP contribution in [-0.2, 0) is 36.0 Å². The minimum atomic E-state index is -0.360. The van der Waals surface area contributed by atoms with Gasteiger partial charge in [0.1, 0.15) is 17.4 Å². The van der Waals surface area contributed by atoms with E-state index in [0.29, 0.717) is 34.1 Å². The summed E-state index contributed by atoms with van der Waals surface area (Å²) in [6.45, 7) is 6.68. The quantitative estimate of drug-likeness (QED) is 0.198. The second kappa shape index (κ2) is 12.6. The van der Waals surface area contributed by atoms with Crippen molar-refractivity contribution in [1.29, 1.82) is 0 Å². The number of anilines is 1. The van der Waals surface area contributed by atoms with Gasteiger partial charge in [-0.05, 0) is 61.8 Å². The summed E-state index contributed by atoms with van der Waals surface area (Å²) in [5, 5.41) is 12.6.